The largest absolute Gasteiger partial charge is 0.496 e. The van der Waals surface area contributed by atoms with Crippen LogP contribution in [0.2, 0.25) is 0 Å². The van der Waals surface area contributed by atoms with Crippen molar-refractivity contribution in [2.75, 3.05) is 34.5 Å². The van der Waals surface area contributed by atoms with E-state index < -0.39 is 5.91 Å². The maximum absolute atomic E-state index is 12.3. The summed E-state index contributed by atoms with van der Waals surface area (Å²) in [4.78, 5) is 12.3. The lowest BCUT2D eigenvalue weighted by atomic mass is 10.1. The Hall–Kier alpha value is -2.72. The molecule has 7 heteroatoms. The summed E-state index contributed by atoms with van der Waals surface area (Å²) in [7, 11) is 4.52. The fourth-order valence-corrected chi connectivity index (χ4v) is 2.57. The molecule has 2 rings (SSSR count). The van der Waals surface area contributed by atoms with E-state index in [1.54, 1.807) is 12.1 Å². The van der Waals surface area contributed by atoms with Gasteiger partial charge in [-0.25, -0.2) is 0 Å². The zero-order valence-electron chi connectivity index (χ0n) is 14.6. The summed E-state index contributed by atoms with van der Waals surface area (Å²) in [6.07, 6.45) is 3.35. The van der Waals surface area contributed by atoms with E-state index >= 15 is 0 Å². The van der Waals surface area contributed by atoms with Crippen molar-refractivity contribution < 1.29 is 23.7 Å². The molecule has 0 spiro atoms. The van der Waals surface area contributed by atoms with Gasteiger partial charge in [0.25, 0.3) is 5.91 Å². The lowest BCUT2D eigenvalue weighted by Gasteiger charge is -2.13. The minimum absolute atomic E-state index is 0.00829. The summed E-state index contributed by atoms with van der Waals surface area (Å²) in [5, 5.41) is 12.1. The first-order valence-electron chi connectivity index (χ1n) is 7.94. The maximum Gasteiger partial charge on any atom is 0.262 e. The minimum Gasteiger partial charge on any atom is -0.496 e. The number of nitrogens with one attached hydrogen (secondary N) is 1. The number of carbonyl (C=O) groups excluding carboxylic acids is 1. The Morgan fingerprint density at radius 1 is 1.32 bits per heavy atom. The molecule has 7 nitrogen and oxygen atoms in total. The van der Waals surface area contributed by atoms with Crippen LogP contribution in [0.15, 0.2) is 17.7 Å². The molecular weight excluding hydrogens is 324 g/mol. The number of hydrogen-bond acceptors (Lipinski definition) is 6. The van der Waals surface area contributed by atoms with Crippen molar-refractivity contribution in [3.63, 3.8) is 0 Å². The maximum atomic E-state index is 12.3. The summed E-state index contributed by atoms with van der Waals surface area (Å²) in [5.74, 6) is 0.969. The molecule has 0 aliphatic carbocycles. The molecule has 0 unspecified atom stereocenters. The molecule has 1 aliphatic heterocycles. The Morgan fingerprint density at radius 2 is 2.00 bits per heavy atom. The highest BCUT2D eigenvalue weighted by Crippen LogP contribution is 2.35. The van der Waals surface area contributed by atoms with Gasteiger partial charge in [-0.2, -0.15) is 5.26 Å². The van der Waals surface area contributed by atoms with Crippen LogP contribution in [0.25, 0.3) is 6.08 Å². The third kappa shape index (κ3) is 4.64. The predicted octanol–water partition coefficient (Wildman–Crippen LogP) is 1.91. The molecule has 1 fully saturated rings. The van der Waals surface area contributed by atoms with Crippen LogP contribution in [0.3, 0.4) is 0 Å². The summed E-state index contributed by atoms with van der Waals surface area (Å²) < 4.78 is 21.3. The highest BCUT2D eigenvalue weighted by molar-refractivity contribution is 6.02. The monoisotopic (exact) mass is 346 g/mol. The molecule has 25 heavy (non-hydrogen) atoms. The van der Waals surface area contributed by atoms with Gasteiger partial charge in [-0.05, 0) is 18.9 Å². The first kappa shape index (κ1) is 18.6. The van der Waals surface area contributed by atoms with Gasteiger partial charge in [0.1, 0.15) is 28.9 Å². The van der Waals surface area contributed by atoms with E-state index in [0.29, 0.717) is 36.0 Å². The molecule has 1 heterocycles. The lowest BCUT2D eigenvalue weighted by molar-refractivity contribution is -0.117. The number of nitriles is 1. The first-order valence-corrected chi connectivity index (χ1v) is 7.94. The van der Waals surface area contributed by atoms with Crippen LogP contribution in [0, 0.1) is 11.3 Å². The van der Waals surface area contributed by atoms with Crippen molar-refractivity contribution in [3.05, 3.63) is 23.3 Å². The Morgan fingerprint density at radius 3 is 2.48 bits per heavy atom. The Bertz CT molecular complexity index is 662. The molecule has 1 amide bonds. The number of benzene rings is 1. The Kier molecular flexibility index (Phi) is 6.66. The SMILES string of the molecule is COc1cc(OC)c(/C=C(\C#N)C(=O)NC[C@@H]2CCCO2)c(OC)c1. The number of rotatable bonds is 7. The van der Waals surface area contributed by atoms with E-state index in [9.17, 15) is 10.1 Å². The van der Waals surface area contributed by atoms with Crippen LogP contribution in [0.1, 0.15) is 18.4 Å². The zero-order valence-corrected chi connectivity index (χ0v) is 14.6. The number of carbonyl (C=O) groups is 1. The number of methoxy groups -OCH3 is 3. The van der Waals surface area contributed by atoms with Crippen molar-refractivity contribution in [2.45, 2.75) is 18.9 Å². The number of amides is 1. The fraction of sp³-hybridized carbons (Fsp3) is 0.444. The molecule has 0 bridgehead atoms. The van der Waals surface area contributed by atoms with Crippen LogP contribution in [-0.2, 0) is 9.53 Å². The third-order valence-corrected chi connectivity index (χ3v) is 3.92. The summed E-state index contributed by atoms with van der Waals surface area (Å²) in [5.41, 5.74) is 0.453. The number of nitrogens with zero attached hydrogens (tertiary/aromatic N) is 1. The number of ether oxygens (including phenoxy) is 4. The average molecular weight is 346 g/mol. The van der Waals surface area contributed by atoms with Crippen molar-refractivity contribution in [3.8, 4) is 23.3 Å². The third-order valence-electron chi connectivity index (χ3n) is 3.92. The topological polar surface area (TPSA) is 89.8 Å². The van der Waals surface area contributed by atoms with Crippen molar-refractivity contribution in [2.24, 2.45) is 0 Å². The normalized spacial score (nSPS) is 16.9. The Balaban J connectivity index is 2.25. The van der Waals surface area contributed by atoms with Crippen LogP contribution in [0.5, 0.6) is 17.2 Å². The second-order valence-electron chi connectivity index (χ2n) is 5.46. The highest BCUT2D eigenvalue weighted by atomic mass is 16.5. The molecule has 1 atom stereocenters. The Labute approximate surface area is 147 Å². The molecule has 0 radical (unpaired) electrons. The molecule has 1 saturated heterocycles. The van der Waals surface area contributed by atoms with Gasteiger partial charge in [0, 0.05) is 25.3 Å². The standard InChI is InChI=1S/C18H22N2O5/c1-22-14-8-16(23-2)15(17(9-14)24-3)7-12(10-19)18(21)20-11-13-5-4-6-25-13/h7-9,13H,4-6,11H2,1-3H3,(H,20,21)/b12-7+/t13-/m0/s1. The molecule has 0 aromatic heterocycles. The van der Waals surface area contributed by atoms with Gasteiger partial charge in [0.2, 0.25) is 0 Å². The smallest absolute Gasteiger partial charge is 0.262 e. The van der Waals surface area contributed by atoms with Gasteiger partial charge >= 0.3 is 0 Å². The predicted molar refractivity (Wildman–Crippen MR) is 91.7 cm³/mol. The van der Waals surface area contributed by atoms with Gasteiger partial charge in [0.05, 0.1) is 33.0 Å². The van der Waals surface area contributed by atoms with Crippen LogP contribution < -0.4 is 19.5 Å². The van der Waals surface area contributed by atoms with E-state index in [4.69, 9.17) is 18.9 Å². The fourth-order valence-electron chi connectivity index (χ4n) is 2.57. The average Bonchev–Trinajstić information content (AvgIpc) is 3.17. The molecule has 1 aromatic carbocycles. The van der Waals surface area contributed by atoms with E-state index in [0.717, 1.165) is 12.8 Å². The van der Waals surface area contributed by atoms with E-state index in [2.05, 4.69) is 5.32 Å². The van der Waals surface area contributed by atoms with Gasteiger partial charge < -0.3 is 24.3 Å². The molecule has 0 saturated carbocycles. The van der Waals surface area contributed by atoms with Gasteiger partial charge in [-0.1, -0.05) is 0 Å². The molecular formula is C18H22N2O5. The van der Waals surface area contributed by atoms with Crippen LogP contribution >= 0.6 is 0 Å². The summed E-state index contributed by atoms with van der Waals surface area (Å²) in [6.45, 7) is 1.09. The van der Waals surface area contributed by atoms with Crippen LogP contribution in [0.4, 0.5) is 0 Å². The molecule has 134 valence electrons. The number of hydrogen-bond donors (Lipinski definition) is 1. The second kappa shape index (κ2) is 8.94. The first-order chi connectivity index (χ1) is 12.1. The van der Waals surface area contributed by atoms with Crippen LogP contribution in [-0.4, -0.2) is 46.5 Å². The van der Waals surface area contributed by atoms with Gasteiger partial charge in [-0.3, -0.25) is 4.79 Å². The molecule has 1 aromatic rings. The second-order valence-corrected chi connectivity index (χ2v) is 5.46. The molecule has 1 aliphatic rings. The summed E-state index contributed by atoms with van der Waals surface area (Å²) in [6, 6.07) is 5.24. The summed E-state index contributed by atoms with van der Waals surface area (Å²) >= 11 is 0. The lowest BCUT2D eigenvalue weighted by Crippen LogP contribution is -2.32. The quantitative estimate of drug-likeness (QED) is 0.599. The van der Waals surface area contributed by atoms with Crippen molar-refractivity contribution in [1.29, 1.82) is 5.26 Å². The van der Waals surface area contributed by atoms with Crippen molar-refractivity contribution >= 4 is 12.0 Å². The minimum atomic E-state index is -0.460. The zero-order chi connectivity index (χ0) is 18.2. The van der Waals surface area contributed by atoms with Crippen molar-refractivity contribution in [1.82, 2.24) is 5.32 Å². The van der Waals surface area contributed by atoms with E-state index in [-0.39, 0.29) is 11.7 Å². The van der Waals surface area contributed by atoms with Gasteiger partial charge in [-0.15, -0.1) is 0 Å². The van der Waals surface area contributed by atoms with Gasteiger partial charge in [0.15, 0.2) is 0 Å². The van der Waals surface area contributed by atoms with E-state index in [1.165, 1.54) is 27.4 Å². The van der Waals surface area contributed by atoms with E-state index in [1.807, 2.05) is 6.07 Å². The highest BCUT2D eigenvalue weighted by Gasteiger charge is 2.19. The molecule has 1 N–H and O–H groups in total.